The summed E-state index contributed by atoms with van der Waals surface area (Å²) >= 11 is 0. The topological polar surface area (TPSA) is 11.3 Å². The Morgan fingerprint density at radius 1 is 1.08 bits per heavy atom. The maximum absolute atomic E-state index is 5.09. The largest absolute Gasteiger partial charge is 0.343 e. The van der Waals surface area contributed by atoms with Crippen molar-refractivity contribution < 1.29 is 4.42 Å². The van der Waals surface area contributed by atoms with Crippen LogP contribution in [-0.2, 0) is 4.42 Å². The molecule has 0 bridgehead atoms. The summed E-state index contributed by atoms with van der Waals surface area (Å²) in [6.07, 6.45) is 10.4. The van der Waals surface area contributed by atoms with Crippen LogP contribution in [0.1, 0.15) is 20.8 Å². The maximum Gasteiger partial charge on any atom is 0.343 e. The monoisotopic (exact) mass is 177 g/mol. The van der Waals surface area contributed by atoms with E-state index in [1.807, 2.05) is 12.2 Å². The molecule has 0 unspecified atom stereocenters. The highest BCUT2D eigenvalue weighted by atomic mass is 16.4. The summed E-state index contributed by atoms with van der Waals surface area (Å²) < 4.78 is 5.09. The van der Waals surface area contributed by atoms with Gasteiger partial charge < -0.3 is 0 Å². The van der Waals surface area contributed by atoms with Gasteiger partial charge in [0.25, 0.3) is 7.11 Å². The number of hydrogen-bond donors (Lipinski definition) is 0. The lowest BCUT2D eigenvalue weighted by molar-refractivity contribution is -0.417. The molecular weight excluding hydrogens is 160 g/mol. The van der Waals surface area contributed by atoms with Crippen molar-refractivity contribution in [3.05, 3.63) is 36.0 Å². The molecule has 0 amide bonds. The highest BCUT2D eigenvalue weighted by molar-refractivity contribution is 6.01. The Kier molecular flexibility index (Phi) is 2.86. The fraction of sp³-hybridized carbons (Fsp3) is 0.417. The minimum atomic E-state index is 0.231. The number of carbonyl (C=O) groups excluding carboxylic acids is 1. The van der Waals surface area contributed by atoms with E-state index in [0.717, 1.165) is 5.78 Å². The molecular formula is C12H17O+. The van der Waals surface area contributed by atoms with Gasteiger partial charge in [-0.1, -0.05) is 26.8 Å². The molecule has 13 heavy (non-hydrogen) atoms. The van der Waals surface area contributed by atoms with Crippen molar-refractivity contribution in [3.8, 4) is 0 Å². The second-order valence-corrected chi connectivity index (χ2v) is 4.28. The van der Waals surface area contributed by atoms with Crippen LogP contribution < -0.4 is 0 Å². The molecule has 1 aliphatic carbocycles. The molecule has 1 heteroatoms. The Bertz CT molecular complexity index is 278. The van der Waals surface area contributed by atoms with E-state index in [9.17, 15) is 0 Å². The van der Waals surface area contributed by atoms with Crippen LogP contribution in [0.2, 0.25) is 0 Å². The van der Waals surface area contributed by atoms with E-state index >= 15 is 0 Å². The van der Waals surface area contributed by atoms with Crippen LogP contribution in [0.15, 0.2) is 36.0 Å². The predicted octanol–water partition coefficient (Wildman–Crippen LogP) is 2.82. The molecule has 0 aliphatic heterocycles. The van der Waals surface area contributed by atoms with Gasteiger partial charge in [0, 0.05) is 12.2 Å². The van der Waals surface area contributed by atoms with Crippen molar-refractivity contribution in [2.24, 2.45) is 5.41 Å². The second kappa shape index (κ2) is 3.73. The molecule has 0 saturated carbocycles. The Labute approximate surface area is 80.2 Å². The molecule has 0 aromatic carbocycles. The lowest BCUT2D eigenvalue weighted by Crippen LogP contribution is -2.02. The first-order chi connectivity index (χ1) is 6.01. The SMILES string of the molecule is C[O+]=C1C=CC(=CC(C)(C)C)C=C1. The van der Waals surface area contributed by atoms with Crippen molar-refractivity contribution in [2.45, 2.75) is 20.8 Å². The van der Waals surface area contributed by atoms with Gasteiger partial charge >= 0.3 is 5.78 Å². The molecule has 1 nitrogen and oxygen atoms in total. The fourth-order valence-electron chi connectivity index (χ4n) is 1.20. The van der Waals surface area contributed by atoms with Crippen LogP contribution in [0.5, 0.6) is 0 Å². The molecule has 1 aliphatic rings. The number of hydrogen-bond acceptors (Lipinski definition) is 0. The lowest BCUT2D eigenvalue weighted by Gasteiger charge is -2.13. The van der Waals surface area contributed by atoms with Gasteiger partial charge in [0.1, 0.15) is 0 Å². The molecule has 0 fully saturated rings. The van der Waals surface area contributed by atoms with E-state index in [-0.39, 0.29) is 5.41 Å². The van der Waals surface area contributed by atoms with Crippen molar-refractivity contribution in [3.63, 3.8) is 0 Å². The van der Waals surface area contributed by atoms with E-state index in [1.165, 1.54) is 5.57 Å². The van der Waals surface area contributed by atoms with Gasteiger partial charge in [0.15, 0.2) is 0 Å². The summed E-state index contributed by atoms with van der Waals surface area (Å²) in [5.74, 6) is 0.908. The number of allylic oxidation sites excluding steroid dienone is 6. The van der Waals surface area contributed by atoms with Crippen molar-refractivity contribution in [1.29, 1.82) is 0 Å². The minimum absolute atomic E-state index is 0.231. The number of rotatable bonds is 0. The molecule has 0 aromatic heterocycles. The average molecular weight is 177 g/mol. The quantitative estimate of drug-likeness (QED) is 0.504. The molecule has 0 radical (unpaired) electrons. The summed E-state index contributed by atoms with van der Waals surface area (Å²) in [5, 5.41) is 0. The van der Waals surface area contributed by atoms with Crippen LogP contribution in [0.4, 0.5) is 0 Å². The van der Waals surface area contributed by atoms with Gasteiger partial charge in [-0.3, -0.25) is 4.42 Å². The molecule has 70 valence electrons. The third kappa shape index (κ3) is 3.41. The summed E-state index contributed by atoms with van der Waals surface area (Å²) in [6, 6.07) is 0. The van der Waals surface area contributed by atoms with Crippen molar-refractivity contribution in [1.82, 2.24) is 0 Å². The number of ketones is 1. The van der Waals surface area contributed by atoms with E-state index in [2.05, 4.69) is 39.0 Å². The first-order valence-electron chi connectivity index (χ1n) is 4.51. The Hall–Kier alpha value is -1.11. The van der Waals surface area contributed by atoms with Crippen molar-refractivity contribution in [2.75, 3.05) is 7.11 Å². The van der Waals surface area contributed by atoms with E-state index in [4.69, 9.17) is 4.42 Å². The minimum Gasteiger partial charge on any atom is -0.258 e. The third-order valence-corrected chi connectivity index (χ3v) is 1.72. The Morgan fingerprint density at radius 3 is 2.00 bits per heavy atom. The molecule has 0 aromatic rings. The summed E-state index contributed by atoms with van der Waals surface area (Å²) in [6.45, 7) is 6.58. The van der Waals surface area contributed by atoms with Gasteiger partial charge in [-0.05, 0) is 23.1 Å². The first-order valence-corrected chi connectivity index (χ1v) is 4.51. The van der Waals surface area contributed by atoms with E-state index in [0.29, 0.717) is 0 Å². The molecule has 1 rings (SSSR count). The van der Waals surface area contributed by atoms with Crippen LogP contribution >= 0.6 is 0 Å². The standard InChI is InChI=1S/C12H17O/c1-12(2,3)9-10-5-7-11(13-4)8-6-10/h5-9H,1-4H3/q+1. The fourth-order valence-corrected chi connectivity index (χ4v) is 1.20. The Morgan fingerprint density at radius 2 is 1.62 bits per heavy atom. The average Bonchev–Trinajstić information content (AvgIpc) is 2.03. The second-order valence-electron chi connectivity index (χ2n) is 4.28. The predicted molar refractivity (Wildman–Crippen MR) is 56.7 cm³/mol. The highest BCUT2D eigenvalue weighted by Crippen LogP contribution is 2.19. The molecule has 0 spiro atoms. The van der Waals surface area contributed by atoms with Crippen LogP contribution in [-0.4, -0.2) is 12.9 Å². The molecule has 0 atom stereocenters. The normalized spacial score (nSPS) is 16.3. The summed E-state index contributed by atoms with van der Waals surface area (Å²) in [7, 11) is 1.68. The van der Waals surface area contributed by atoms with Gasteiger partial charge in [0.2, 0.25) is 0 Å². The molecule has 0 saturated heterocycles. The van der Waals surface area contributed by atoms with Crippen LogP contribution in [0.3, 0.4) is 0 Å². The lowest BCUT2D eigenvalue weighted by atomic mass is 9.92. The summed E-state index contributed by atoms with van der Waals surface area (Å²) in [5.41, 5.74) is 1.47. The van der Waals surface area contributed by atoms with Crippen LogP contribution in [0, 0.1) is 5.41 Å². The first kappa shape index (κ1) is 9.97. The van der Waals surface area contributed by atoms with Gasteiger partial charge in [-0.15, -0.1) is 0 Å². The summed E-state index contributed by atoms with van der Waals surface area (Å²) in [4.78, 5) is 0. The zero-order chi connectivity index (χ0) is 9.90. The van der Waals surface area contributed by atoms with Crippen LogP contribution in [0.25, 0.3) is 0 Å². The van der Waals surface area contributed by atoms with E-state index < -0.39 is 0 Å². The Balaban J connectivity index is 2.81. The van der Waals surface area contributed by atoms with Gasteiger partial charge in [0.05, 0.1) is 0 Å². The van der Waals surface area contributed by atoms with Gasteiger partial charge in [-0.2, -0.15) is 0 Å². The third-order valence-electron chi connectivity index (χ3n) is 1.72. The highest BCUT2D eigenvalue weighted by Gasteiger charge is 2.09. The zero-order valence-electron chi connectivity index (χ0n) is 8.79. The zero-order valence-corrected chi connectivity index (χ0v) is 8.79. The molecule has 0 heterocycles. The van der Waals surface area contributed by atoms with E-state index in [1.54, 1.807) is 7.11 Å². The molecule has 0 N–H and O–H groups in total. The maximum atomic E-state index is 5.09. The smallest absolute Gasteiger partial charge is 0.258 e. The van der Waals surface area contributed by atoms with Gasteiger partial charge in [-0.25, -0.2) is 0 Å². The van der Waals surface area contributed by atoms with Crippen molar-refractivity contribution >= 4 is 5.78 Å².